The molecule has 1 rings (SSSR count). The Labute approximate surface area is 96.6 Å². The van der Waals surface area contributed by atoms with Gasteiger partial charge in [0.15, 0.2) is 0 Å². The fourth-order valence-electron chi connectivity index (χ4n) is 1.84. The van der Waals surface area contributed by atoms with Crippen molar-refractivity contribution in [3.8, 4) is 12.3 Å². The molecule has 0 aromatic heterocycles. The third kappa shape index (κ3) is 5.15. The second kappa shape index (κ2) is 7.26. The molecular weight excluding hydrogens is 206 g/mol. The molecule has 0 spiro atoms. The maximum Gasteiger partial charge on any atom is 0.305 e. The lowest BCUT2D eigenvalue weighted by Crippen LogP contribution is -2.37. The van der Waals surface area contributed by atoms with Gasteiger partial charge in [-0.2, -0.15) is 0 Å². The minimum atomic E-state index is -0.800. The smallest absolute Gasteiger partial charge is 0.305 e. The molecule has 1 N–H and O–H groups in total. The van der Waals surface area contributed by atoms with Gasteiger partial charge >= 0.3 is 5.97 Å². The number of carbonyl (C=O) groups is 1. The number of hydrogen-bond acceptors (Lipinski definition) is 3. The third-order valence-corrected chi connectivity index (χ3v) is 2.78. The monoisotopic (exact) mass is 225 g/mol. The Morgan fingerprint density at radius 3 is 2.75 bits per heavy atom. The summed E-state index contributed by atoms with van der Waals surface area (Å²) in [4.78, 5) is 12.6. The molecule has 90 valence electrons. The average molecular weight is 225 g/mol. The van der Waals surface area contributed by atoms with E-state index in [9.17, 15) is 4.79 Å². The second-order valence-corrected chi connectivity index (χ2v) is 4.01. The molecule has 0 atom stereocenters. The van der Waals surface area contributed by atoms with Gasteiger partial charge < -0.3 is 14.7 Å². The molecule has 1 aliphatic rings. The Morgan fingerprint density at radius 1 is 1.50 bits per heavy atom. The van der Waals surface area contributed by atoms with Crippen LogP contribution in [0.4, 0.5) is 0 Å². The van der Waals surface area contributed by atoms with Crippen LogP contribution in [0.25, 0.3) is 0 Å². The average Bonchev–Trinajstić information content (AvgIpc) is 2.27. The third-order valence-electron chi connectivity index (χ3n) is 2.78. The van der Waals surface area contributed by atoms with E-state index in [2.05, 4.69) is 10.8 Å². The normalized spacial score (nSPS) is 18.2. The Kier molecular flexibility index (Phi) is 5.91. The van der Waals surface area contributed by atoms with E-state index in [4.69, 9.17) is 16.3 Å². The van der Waals surface area contributed by atoms with Crippen molar-refractivity contribution in [2.24, 2.45) is 0 Å². The zero-order valence-electron chi connectivity index (χ0n) is 9.52. The van der Waals surface area contributed by atoms with Crippen LogP contribution in [0.3, 0.4) is 0 Å². The standard InChI is InChI=1S/C12H19NO3/c1-2-3-7-13-8-4-11(5-9-13)16-10-6-12(14)15/h1,11H,3-10H2,(H,14,15). The Balaban J connectivity index is 2.08. The number of aliphatic carboxylic acids is 1. The molecule has 1 heterocycles. The maximum absolute atomic E-state index is 10.3. The van der Waals surface area contributed by atoms with Gasteiger partial charge in [0.25, 0.3) is 0 Å². The zero-order chi connectivity index (χ0) is 11.8. The highest BCUT2D eigenvalue weighted by molar-refractivity contribution is 5.66. The molecular formula is C12H19NO3. The number of carboxylic acid groups (broad SMARTS) is 1. The number of hydrogen-bond donors (Lipinski definition) is 1. The summed E-state index contributed by atoms with van der Waals surface area (Å²) in [7, 11) is 0. The van der Waals surface area contributed by atoms with Crippen LogP contribution in [-0.4, -0.2) is 48.3 Å². The van der Waals surface area contributed by atoms with E-state index >= 15 is 0 Å². The molecule has 1 saturated heterocycles. The van der Waals surface area contributed by atoms with E-state index in [1.807, 2.05) is 0 Å². The van der Waals surface area contributed by atoms with E-state index < -0.39 is 5.97 Å². The van der Waals surface area contributed by atoms with Gasteiger partial charge in [-0.1, -0.05) is 0 Å². The number of terminal acetylenes is 1. The summed E-state index contributed by atoms with van der Waals surface area (Å²) < 4.78 is 5.50. The van der Waals surface area contributed by atoms with Crippen LogP contribution in [0, 0.1) is 12.3 Å². The molecule has 0 unspecified atom stereocenters. The number of carboxylic acids is 1. The van der Waals surface area contributed by atoms with Gasteiger partial charge in [-0.15, -0.1) is 12.3 Å². The summed E-state index contributed by atoms with van der Waals surface area (Å²) in [6.45, 7) is 3.28. The highest BCUT2D eigenvalue weighted by atomic mass is 16.5. The fraction of sp³-hybridized carbons (Fsp3) is 0.750. The first-order valence-corrected chi connectivity index (χ1v) is 5.71. The summed E-state index contributed by atoms with van der Waals surface area (Å²) in [5, 5.41) is 8.48. The van der Waals surface area contributed by atoms with Crippen molar-refractivity contribution >= 4 is 5.97 Å². The summed E-state index contributed by atoms with van der Waals surface area (Å²) in [5.41, 5.74) is 0. The van der Waals surface area contributed by atoms with Gasteiger partial charge in [0.1, 0.15) is 0 Å². The van der Waals surface area contributed by atoms with Gasteiger partial charge in [-0.3, -0.25) is 4.79 Å². The molecule has 0 radical (unpaired) electrons. The molecule has 0 aromatic carbocycles. The summed E-state index contributed by atoms with van der Waals surface area (Å²) in [6, 6.07) is 0. The Bertz CT molecular complexity index is 251. The molecule has 0 saturated carbocycles. The lowest BCUT2D eigenvalue weighted by Gasteiger charge is -2.31. The van der Waals surface area contributed by atoms with Crippen LogP contribution < -0.4 is 0 Å². The number of rotatable bonds is 6. The van der Waals surface area contributed by atoms with E-state index in [0.717, 1.165) is 38.9 Å². The van der Waals surface area contributed by atoms with Crippen molar-refractivity contribution in [3.63, 3.8) is 0 Å². The predicted molar refractivity (Wildman–Crippen MR) is 61.1 cm³/mol. The predicted octanol–water partition coefficient (Wildman–Crippen LogP) is 0.965. The molecule has 0 aliphatic carbocycles. The van der Waals surface area contributed by atoms with Crippen LogP contribution in [0.15, 0.2) is 0 Å². The zero-order valence-corrected chi connectivity index (χ0v) is 9.52. The van der Waals surface area contributed by atoms with Crippen molar-refractivity contribution in [2.75, 3.05) is 26.2 Å². The van der Waals surface area contributed by atoms with Crippen molar-refractivity contribution < 1.29 is 14.6 Å². The van der Waals surface area contributed by atoms with Gasteiger partial charge in [-0.25, -0.2) is 0 Å². The maximum atomic E-state index is 10.3. The lowest BCUT2D eigenvalue weighted by molar-refractivity contribution is -0.138. The van der Waals surface area contributed by atoms with Crippen molar-refractivity contribution in [2.45, 2.75) is 31.8 Å². The van der Waals surface area contributed by atoms with Crippen molar-refractivity contribution in [1.82, 2.24) is 4.90 Å². The largest absolute Gasteiger partial charge is 0.481 e. The summed E-state index contributed by atoms with van der Waals surface area (Å²) >= 11 is 0. The number of likely N-dealkylation sites (tertiary alicyclic amines) is 1. The summed E-state index contributed by atoms with van der Waals surface area (Å²) in [6.07, 6.45) is 8.28. The molecule has 16 heavy (non-hydrogen) atoms. The van der Waals surface area contributed by atoms with Gasteiger partial charge in [0.05, 0.1) is 19.1 Å². The van der Waals surface area contributed by atoms with Crippen molar-refractivity contribution in [1.29, 1.82) is 0 Å². The number of ether oxygens (including phenoxy) is 1. The number of nitrogens with zero attached hydrogens (tertiary/aromatic N) is 1. The highest BCUT2D eigenvalue weighted by Crippen LogP contribution is 2.13. The molecule has 0 bridgehead atoms. The quantitative estimate of drug-likeness (QED) is 0.684. The molecule has 0 aromatic rings. The molecule has 4 heteroatoms. The van der Waals surface area contributed by atoms with Crippen LogP contribution in [0.1, 0.15) is 25.7 Å². The SMILES string of the molecule is C#CCCN1CCC(OCCC(=O)O)CC1. The van der Waals surface area contributed by atoms with Crippen molar-refractivity contribution in [3.05, 3.63) is 0 Å². The van der Waals surface area contributed by atoms with Gasteiger partial charge in [0.2, 0.25) is 0 Å². The minimum Gasteiger partial charge on any atom is -0.481 e. The van der Waals surface area contributed by atoms with Gasteiger partial charge in [0, 0.05) is 26.1 Å². The molecule has 0 amide bonds. The highest BCUT2D eigenvalue weighted by Gasteiger charge is 2.19. The Hall–Kier alpha value is -1.05. The van der Waals surface area contributed by atoms with E-state index in [1.165, 1.54) is 0 Å². The molecule has 1 fully saturated rings. The van der Waals surface area contributed by atoms with Crippen LogP contribution in [0.5, 0.6) is 0 Å². The molecule has 4 nitrogen and oxygen atoms in total. The molecule has 1 aliphatic heterocycles. The fourth-order valence-corrected chi connectivity index (χ4v) is 1.84. The minimum absolute atomic E-state index is 0.0946. The second-order valence-electron chi connectivity index (χ2n) is 4.01. The number of piperidine rings is 1. The topological polar surface area (TPSA) is 49.8 Å². The van der Waals surface area contributed by atoms with Gasteiger partial charge in [-0.05, 0) is 12.8 Å². The first-order valence-electron chi connectivity index (χ1n) is 5.71. The summed E-state index contributed by atoms with van der Waals surface area (Å²) in [5.74, 6) is 1.84. The van der Waals surface area contributed by atoms with Crippen LogP contribution in [0.2, 0.25) is 0 Å². The van der Waals surface area contributed by atoms with Crippen LogP contribution in [-0.2, 0) is 9.53 Å². The lowest BCUT2D eigenvalue weighted by atomic mass is 10.1. The first-order chi connectivity index (χ1) is 7.72. The van der Waals surface area contributed by atoms with Crippen LogP contribution >= 0.6 is 0 Å². The van der Waals surface area contributed by atoms with E-state index in [1.54, 1.807) is 0 Å². The Morgan fingerprint density at radius 2 is 2.19 bits per heavy atom. The van der Waals surface area contributed by atoms with E-state index in [-0.39, 0.29) is 12.5 Å². The first kappa shape index (κ1) is 13.0. The van der Waals surface area contributed by atoms with E-state index in [0.29, 0.717) is 6.61 Å².